The van der Waals surface area contributed by atoms with E-state index in [1.807, 2.05) is 0 Å². The molecule has 0 aliphatic carbocycles. The van der Waals surface area contributed by atoms with Gasteiger partial charge in [-0.15, -0.1) is 0 Å². The van der Waals surface area contributed by atoms with Crippen LogP contribution < -0.4 is 0 Å². The molecular formula is C24H38N2O2. The highest BCUT2D eigenvalue weighted by Gasteiger charge is 2.17. The molecule has 0 spiro atoms. The van der Waals surface area contributed by atoms with Crippen LogP contribution in [0.4, 0.5) is 0 Å². The molecule has 0 saturated carbocycles. The topological polar surface area (TPSA) is 37.6 Å². The molecule has 28 heavy (non-hydrogen) atoms. The summed E-state index contributed by atoms with van der Waals surface area (Å²) in [6, 6.07) is 13.2. The molecule has 156 valence electrons. The lowest BCUT2D eigenvalue weighted by molar-refractivity contribution is 0.0582. The molecule has 0 bridgehead atoms. The van der Waals surface area contributed by atoms with Gasteiger partial charge in [-0.3, -0.25) is 4.90 Å². The Morgan fingerprint density at radius 3 is 2.36 bits per heavy atom. The van der Waals surface area contributed by atoms with Gasteiger partial charge in [0.15, 0.2) is 0 Å². The normalized spacial score (nSPS) is 13.5. The second-order valence-corrected chi connectivity index (χ2v) is 9.11. The first-order valence-corrected chi connectivity index (χ1v) is 10.3. The first kappa shape index (κ1) is 22.7. The number of hydrogen-bond acceptors (Lipinski definition) is 3. The third-order valence-corrected chi connectivity index (χ3v) is 5.31. The van der Waals surface area contributed by atoms with Gasteiger partial charge in [0.2, 0.25) is 0 Å². The molecule has 1 aromatic heterocycles. The molecule has 0 amide bonds. The smallest absolute Gasteiger partial charge is 0.0690 e. The van der Waals surface area contributed by atoms with E-state index in [0.717, 1.165) is 19.6 Å². The molecule has 1 heterocycles. The molecule has 0 aliphatic heterocycles. The highest BCUT2D eigenvalue weighted by Crippen LogP contribution is 2.22. The van der Waals surface area contributed by atoms with E-state index in [-0.39, 0.29) is 17.4 Å². The maximum atomic E-state index is 10.3. The van der Waals surface area contributed by atoms with Gasteiger partial charge >= 0.3 is 0 Å². The zero-order chi connectivity index (χ0) is 20.7. The van der Waals surface area contributed by atoms with Crippen LogP contribution >= 0.6 is 0 Å². The van der Waals surface area contributed by atoms with Crippen LogP contribution in [0.2, 0.25) is 0 Å². The Hall–Kier alpha value is -1.62. The molecule has 2 rings (SSSR count). The van der Waals surface area contributed by atoms with Gasteiger partial charge in [-0.1, -0.05) is 58.9 Å². The summed E-state index contributed by atoms with van der Waals surface area (Å²) in [4.78, 5) is 2.28. The van der Waals surface area contributed by atoms with Crippen LogP contribution in [0.5, 0.6) is 0 Å². The minimum atomic E-state index is -0.329. The summed E-state index contributed by atoms with van der Waals surface area (Å²) < 4.78 is 7.57. The van der Waals surface area contributed by atoms with E-state index in [4.69, 9.17) is 4.74 Å². The number of methoxy groups -OCH3 is 1. The fourth-order valence-corrected chi connectivity index (χ4v) is 3.21. The Morgan fingerprint density at radius 2 is 1.79 bits per heavy atom. The predicted octanol–water partition coefficient (Wildman–Crippen LogP) is 4.30. The molecule has 4 heteroatoms. The molecule has 0 radical (unpaired) electrons. The van der Waals surface area contributed by atoms with Crippen molar-refractivity contribution in [3.8, 4) is 0 Å². The van der Waals surface area contributed by atoms with Crippen LogP contribution in [0, 0.1) is 5.92 Å². The number of hydrogen-bond donors (Lipinski definition) is 1. The fraction of sp³-hybridized carbons (Fsp3) is 0.583. The average Bonchev–Trinajstić information content (AvgIpc) is 3.05. The van der Waals surface area contributed by atoms with Gasteiger partial charge in [0.25, 0.3) is 0 Å². The maximum Gasteiger partial charge on any atom is 0.0690 e. The van der Waals surface area contributed by atoms with Crippen LogP contribution in [-0.2, 0) is 23.2 Å². The lowest BCUT2D eigenvalue weighted by atomic mass is 9.87. The number of aromatic nitrogens is 1. The summed E-state index contributed by atoms with van der Waals surface area (Å²) in [5, 5.41) is 10.3. The van der Waals surface area contributed by atoms with E-state index >= 15 is 0 Å². The van der Waals surface area contributed by atoms with Gasteiger partial charge < -0.3 is 14.4 Å². The van der Waals surface area contributed by atoms with Gasteiger partial charge in [-0.2, -0.15) is 0 Å². The Balaban J connectivity index is 2.08. The number of nitrogens with zero attached hydrogens (tertiary/aromatic N) is 2. The third-order valence-electron chi connectivity index (χ3n) is 5.31. The first-order chi connectivity index (χ1) is 13.2. The lowest BCUT2D eigenvalue weighted by Crippen LogP contribution is -2.37. The minimum Gasteiger partial charge on any atom is -0.392 e. The number of rotatable bonds is 10. The SMILES string of the molecule is COCCN(Cc1cccn1Cc1ccc(C(C)(C)C)cc1)CC(O)C(C)C. The van der Waals surface area contributed by atoms with E-state index < -0.39 is 0 Å². The fourth-order valence-electron chi connectivity index (χ4n) is 3.21. The quantitative estimate of drug-likeness (QED) is 0.661. The Labute approximate surface area is 171 Å². The summed E-state index contributed by atoms with van der Waals surface area (Å²) in [6.45, 7) is 14.6. The molecule has 0 saturated heterocycles. The number of aliphatic hydroxyl groups is 1. The highest BCUT2D eigenvalue weighted by molar-refractivity contribution is 5.28. The largest absolute Gasteiger partial charge is 0.392 e. The second kappa shape index (κ2) is 10.2. The molecule has 0 fully saturated rings. The summed E-state index contributed by atoms with van der Waals surface area (Å²) in [7, 11) is 1.72. The van der Waals surface area contributed by atoms with Crippen molar-refractivity contribution in [2.24, 2.45) is 5.92 Å². The Bertz CT molecular complexity index is 698. The standard InChI is InChI=1S/C24H38N2O2/c1-19(2)23(27)18-25(14-15-28-6)17-22-8-7-13-26(22)16-20-9-11-21(12-10-20)24(3,4)5/h7-13,19,23,27H,14-18H2,1-6H3. The van der Waals surface area contributed by atoms with Crippen LogP contribution in [0.1, 0.15) is 51.4 Å². The van der Waals surface area contributed by atoms with Crippen molar-refractivity contribution < 1.29 is 9.84 Å². The van der Waals surface area contributed by atoms with Crippen LogP contribution in [0.15, 0.2) is 42.6 Å². The van der Waals surface area contributed by atoms with Gasteiger partial charge in [-0.05, 0) is 34.6 Å². The summed E-state index contributed by atoms with van der Waals surface area (Å²) in [5.41, 5.74) is 4.09. The highest BCUT2D eigenvalue weighted by atomic mass is 16.5. The molecular weight excluding hydrogens is 348 g/mol. The maximum absolute atomic E-state index is 10.3. The van der Waals surface area contributed by atoms with Crippen molar-refractivity contribution in [2.75, 3.05) is 26.8 Å². The average molecular weight is 387 g/mol. The van der Waals surface area contributed by atoms with E-state index in [0.29, 0.717) is 13.2 Å². The van der Waals surface area contributed by atoms with Crippen molar-refractivity contribution >= 4 is 0 Å². The monoisotopic (exact) mass is 386 g/mol. The van der Waals surface area contributed by atoms with Crippen LogP contribution in [0.3, 0.4) is 0 Å². The van der Waals surface area contributed by atoms with E-state index in [1.165, 1.54) is 16.8 Å². The summed E-state index contributed by atoms with van der Waals surface area (Å²) >= 11 is 0. The number of ether oxygens (including phenoxy) is 1. The third kappa shape index (κ3) is 6.77. The van der Waals surface area contributed by atoms with E-state index in [1.54, 1.807) is 7.11 Å². The first-order valence-electron chi connectivity index (χ1n) is 10.3. The van der Waals surface area contributed by atoms with Crippen molar-refractivity contribution in [1.82, 2.24) is 9.47 Å². The van der Waals surface area contributed by atoms with Gasteiger partial charge in [0.05, 0.1) is 12.7 Å². The summed E-state index contributed by atoms with van der Waals surface area (Å²) in [6.07, 6.45) is 1.81. The molecule has 2 aromatic rings. The molecule has 1 unspecified atom stereocenters. The number of benzene rings is 1. The van der Waals surface area contributed by atoms with Crippen molar-refractivity contribution in [1.29, 1.82) is 0 Å². The van der Waals surface area contributed by atoms with Crippen LogP contribution in [-0.4, -0.2) is 47.5 Å². The van der Waals surface area contributed by atoms with Gasteiger partial charge in [0, 0.05) is 45.2 Å². The Kier molecular flexibility index (Phi) is 8.29. The van der Waals surface area contributed by atoms with E-state index in [2.05, 4.69) is 86.7 Å². The second-order valence-electron chi connectivity index (χ2n) is 9.11. The van der Waals surface area contributed by atoms with Crippen molar-refractivity contribution in [3.63, 3.8) is 0 Å². The zero-order valence-electron chi connectivity index (χ0n) is 18.5. The predicted molar refractivity (Wildman–Crippen MR) is 117 cm³/mol. The van der Waals surface area contributed by atoms with Gasteiger partial charge in [0.1, 0.15) is 0 Å². The zero-order valence-corrected chi connectivity index (χ0v) is 18.5. The van der Waals surface area contributed by atoms with Crippen molar-refractivity contribution in [3.05, 3.63) is 59.4 Å². The molecule has 1 atom stereocenters. The number of aliphatic hydroxyl groups excluding tert-OH is 1. The van der Waals surface area contributed by atoms with Crippen molar-refractivity contribution in [2.45, 2.75) is 59.2 Å². The van der Waals surface area contributed by atoms with Crippen LogP contribution in [0.25, 0.3) is 0 Å². The van der Waals surface area contributed by atoms with E-state index in [9.17, 15) is 5.11 Å². The lowest BCUT2D eigenvalue weighted by Gasteiger charge is -2.27. The molecule has 1 aromatic carbocycles. The van der Waals surface area contributed by atoms with Gasteiger partial charge in [-0.25, -0.2) is 0 Å². The molecule has 4 nitrogen and oxygen atoms in total. The minimum absolute atomic E-state index is 0.177. The molecule has 0 aliphatic rings. The molecule has 1 N–H and O–H groups in total. The Morgan fingerprint density at radius 1 is 1.11 bits per heavy atom. The summed E-state index contributed by atoms with van der Waals surface area (Å²) in [5.74, 6) is 0.248.